The topological polar surface area (TPSA) is 58.4 Å². The van der Waals surface area contributed by atoms with Gasteiger partial charge in [-0.3, -0.25) is 4.79 Å². The number of amides is 1. The van der Waals surface area contributed by atoms with Gasteiger partial charge in [0, 0.05) is 31.0 Å². The predicted molar refractivity (Wildman–Crippen MR) is 84.1 cm³/mol. The molecule has 110 valence electrons. The molecule has 4 heteroatoms. The lowest BCUT2D eigenvalue weighted by Crippen LogP contribution is -2.29. The van der Waals surface area contributed by atoms with E-state index in [1.165, 1.54) is 18.5 Å². The van der Waals surface area contributed by atoms with Crippen molar-refractivity contribution in [1.29, 1.82) is 0 Å². The molecule has 1 aliphatic rings. The van der Waals surface area contributed by atoms with Gasteiger partial charge < -0.3 is 16.0 Å². The van der Waals surface area contributed by atoms with E-state index in [1.807, 2.05) is 19.9 Å². The number of nitrogens with two attached hydrogens (primary N) is 1. The molecule has 0 radical (unpaired) electrons. The molecule has 1 amide bonds. The number of carbonyl (C=O) groups is 1. The van der Waals surface area contributed by atoms with E-state index in [1.54, 1.807) is 0 Å². The first-order valence-electron chi connectivity index (χ1n) is 7.52. The summed E-state index contributed by atoms with van der Waals surface area (Å²) >= 11 is 0. The molecule has 1 unspecified atom stereocenters. The average Bonchev–Trinajstić information content (AvgIpc) is 2.96. The molecule has 2 rings (SSSR count). The second-order valence-corrected chi connectivity index (χ2v) is 5.52. The largest absolute Gasteiger partial charge is 0.372 e. The maximum Gasteiger partial charge on any atom is 0.228 e. The number of carbonyl (C=O) groups excluding carboxylic acids is 1. The van der Waals surface area contributed by atoms with Crippen molar-refractivity contribution in [2.24, 2.45) is 11.7 Å². The fraction of sp³-hybridized carbons (Fsp3) is 0.562. The van der Waals surface area contributed by atoms with E-state index < -0.39 is 0 Å². The molecule has 0 spiro atoms. The minimum Gasteiger partial charge on any atom is -0.372 e. The SMILES string of the molecule is CCC(CN)C(=O)Nc1ccc(N2CCCC2)cc1C. The van der Waals surface area contributed by atoms with Crippen molar-refractivity contribution < 1.29 is 4.79 Å². The second-order valence-electron chi connectivity index (χ2n) is 5.52. The van der Waals surface area contributed by atoms with Crippen LogP contribution in [0.3, 0.4) is 0 Å². The van der Waals surface area contributed by atoms with Crippen LogP contribution in [0.4, 0.5) is 11.4 Å². The van der Waals surface area contributed by atoms with Gasteiger partial charge in [-0.2, -0.15) is 0 Å². The summed E-state index contributed by atoms with van der Waals surface area (Å²) in [4.78, 5) is 14.5. The van der Waals surface area contributed by atoms with Gasteiger partial charge >= 0.3 is 0 Å². The van der Waals surface area contributed by atoms with Gasteiger partial charge in [-0.05, 0) is 49.9 Å². The molecule has 3 N–H and O–H groups in total. The highest BCUT2D eigenvalue weighted by molar-refractivity contribution is 5.93. The van der Waals surface area contributed by atoms with E-state index in [-0.39, 0.29) is 11.8 Å². The van der Waals surface area contributed by atoms with Gasteiger partial charge in [-0.15, -0.1) is 0 Å². The van der Waals surface area contributed by atoms with Crippen molar-refractivity contribution in [2.45, 2.75) is 33.1 Å². The first kappa shape index (κ1) is 14.9. The van der Waals surface area contributed by atoms with E-state index in [0.717, 1.165) is 30.8 Å². The lowest BCUT2D eigenvalue weighted by molar-refractivity contribution is -0.119. The number of hydrogen-bond donors (Lipinski definition) is 2. The highest BCUT2D eigenvalue weighted by atomic mass is 16.1. The van der Waals surface area contributed by atoms with Crippen LogP contribution in [-0.2, 0) is 4.79 Å². The van der Waals surface area contributed by atoms with Crippen molar-refractivity contribution in [3.05, 3.63) is 23.8 Å². The molecular formula is C16H25N3O. The van der Waals surface area contributed by atoms with Crippen LogP contribution < -0.4 is 16.0 Å². The third-order valence-corrected chi connectivity index (χ3v) is 4.09. The Morgan fingerprint density at radius 2 is 2.10 bits per heavy atom. The Morgan fingerprint density at radius 1 is 1.40 bits per heavy atom. The minimum absolute atomic E-state index is 0.0204. The number of nitrogens with zero attached hydrogens (tertiary/aromatic N) is 1. The van der Waals surface area contributed by atoms with E-state index in [2.05, 4.69) is 22.3 Å². The van der Waals surface area contributed by atoms with Crippen LogP contribution in [0, 0.1) is 12.8 Å². The molecular weight excluding hydrogens is 250 g/mol. The predicted octanol–water partition coefficient (Wildman–Crippen LogP) is 2.52. The van der Waals surface area contributed by atoms with Crippen molar-refractivity contribution in [3.63, 3.8) is 0 Å². The van der Waals surface area contributed by atoms with Crippen LogP contribution in [0.15, 0.2) is 18.2 Å². The van der Waals surface area contributed by atoms with E-state index in [9.17, 15) is 4.79 Å². The lowest BCUT2D eigenvalue weighted by Gasteiger charge is -2.20. The monoisotopic (exact) mass is 275 g/mol. The van der Waals surface area contributed by atoms with Gasteiger partial charge in [-0.1, -0.05) is 6.92 Å². The number of rotatable bonds is 5. The molecule has 20 heavy (non-hydrogen) atoms. The summed E-state index contributed by atoms with van der Waals surface area (Å²) in [5, 5.41) is 2.99. The normalized spacial score (nSPS) is 16.2. The molecule has 0 bridgehead atoms. The number of benzene rings is 1. The standard InChI is InChI=1S/C16H25N3O/c1-3-13(11-17)16(20)18-15-7-6-14(10-12(15)2)19-8-4-5-9-19/h6-7,10,13H,3-5,8-9,11,17H2,1-2H3,(H,18,20). The molecule has 0 aliphatic carbocycles. The maximum atomic E-state index is 12.1. The first-order valence-corrected chi connectivity index (χ1v) is 7.52. The molecule has 1 aliphatic heterocycles. The molecule has 0 saturated carbocycles. The number of aryl methyl sites for hydroxylation is 1. The quantitative estimate of drug-likeness (QED) is 0.868. The van der Waals surface area contributed by atoms with Crippen LogP contribution >= 0.6 is 0 Å². The highest BCUT2D eigenvalue weighted by Crippen LogP contribution is 2.25. The summed E-state index contributed by atoms with van der Waals surface area (Å²) in [5.41, 5.74) is 8.87. The third kappa shape index (κ3) is 3.31. The molecule has 1 heterocycles. The summed E-state index contributed by atoms with van der Waals surface area (Å²) in [5.74, 6) is -0.0836. The summed E-state index contributed by atoms with van der Waals surface area (Å²) in [6, 6.07) is 6.26. The second kappa shape index (κ2) is 6.75. The van der Waals surface area contributed by atoms with E-state index in [0.29, 0.717) is 6.54 Å². The Balaban J connectivity index is 2.07. The fourth-order valence-corrected chi connectivity index (χ4v) is 2.65. The molecule has 1 atom stereocenters. The van der Waals surface area contributed by atoms with Crippen molar-refractivity contribution in [2.75, 3.05) is 29.9 Å². The highest BCUT2D eigenvalue weighted by Gasteiger charge is 2.16. The average molecular weight is 275 g/mol. The van der Waals surface area contributed by atoms with Gasteiger partial charge in [0.15, 0.2) is 0 Å². The zero-order valence-corrected chi connectivity index (χ0v) is 12.5. The van der Waals surface area contributed by atoms with E-state index in [4.69, 9.17) is 5.73 Å². The smallest absolute Gasteiger partial charge is 0.228 e. The third-order valence-electron chi connectivity index (χ3n) is 4.09. The molecule has 4 nitrogen and oxygen atoms in total. The molecule has 1 saturated heterocycles. The van der Waals surface area contributed by atoms with Crippen LogP contribution in [-0.4, -0.2) is 25.5 Å². The molecule has 0 aromatic heterocycles. The minimum atomic E-state index is -0.104. The number of hydrogen-bond acceptors (Lipinski definition) is 3. The zero-order chi connectivity index (χ0) is 14.5. The Morgan fingerprint density at radius 3 is 2.65 bits per heavy atom. The first-order chi connectivity index (χ1) is 9.65. The number of nitrogens with one attached hydrogen (secondary N) is 1. The summed E-state index contributed by atoms with van der Waals surface area (Å²) in [6.07, 6.45) is 3.31. The Kier molecular flexibility index (Phi) is 5.01. The maximum absolute atomic E-state index is 12.1. The molecule has 1 aromatic carbocycles. The Hall–Kier alpha value is -1.55. The van der Waals surface area contributed by atoms with Crippen LogP contribution in [0.25, 0.3) is 0 Å². The molecule has 1 aromatic rings. The fourth-order valence-electron chi connectivity index (χ4n) is 2.65. The molecule has 1 fully saturated rings. The lowest BCUT2D eigenvalue weighted by atomic mass is 10.1. The van der Waals surface area contributed by atoms with Gasteiger partial charge in [0.2, 0.25) is 5.91 Å². The Bertz CT molecular complexity index is 463. The van der Waals surface area contributed by atoms with Crippen molar-refractivity contribution >= 4 is 17.3 Å². The summed E-state index contributed by atoms with van der Waals surface area (Å²) < 4.78 is 0. The summed E-state index contributed by atoms with van der Waals surface area (Å²) in [6.45, 7) is 6.69. The summed E-state index contributed by atoms with van der Waals surface area (Å²) in [7, 11) is 0. The zero-order valence-electron chi connectivity index (χ0n) is 12.5. The van der Waals surface area contributed by atoms with Crippen LogP contribution in [0.2, 0.25) is 0 Å². The van der Waals surface area contributed by atoms with Gasteiger partial charge in [-0.25, -0.2) is 0 Å². The van der Waals surface area contributed by atoms with Crippen LogP contribution in [0.1, 0.15) is 31.7 Å². The van der Waals surface area contributed by atoms with Gasteiger partial charge in [0.05, 0.1) is 5.92 Å². The van der Waals surface area contributed by atoms with Gasteiger partial charge in [0.1, 0.15) is 0 Å². The van der Waals surface area contributed by atoms with E-state index >= 15 is 0 Å². The van der Waals surface area contributed by atoms with Crippen LogP contribution in [0.5, 0.6) is 0 Å². The number of anilines is 2. The van der Waals surface area contributed by atoms with Crippen molar-refractivity contribution in [3.8, 4) is 0 Å². The van der Waals surface area contributed by atoms with Gasteiger partial charge in [0.25, 0.3) is 0 Å². The van der Waals surface area contributed by atoms with Crippen molar-refractivity contribution in [1.82, 2.24) is 0 Å². The Labute approximate surface area is 121 Å².